The molecule has 0 fully saturated rings. The number of hydrogen-bond donors (Lipinski definition) is 1. The number of hydrogen-bond acceptors (Lipinski definition) is 4. The van der Waals surface area contributed by atoms with Crippen molar-refractivity contribution in [1.82, 2.24) is 9.55 Å². The predicted octanol–water partition coefficient (Wildman–Crippen LogP) is 3.56. The van der Waals surface area contributed by atoms with Gasteiger partial charge in [0, 0.05) is 47.9 Å². The largest absolute Gasteiger partial charge is 0.334 e. The van der Waals surface area contributed by atoms with Crippen molar-refractivity contribution in [2.75, 3.05) is 5.32 Å². The van der Waals surface area contributed by atoms with Crippen LogP contribution in [0.2, 0.25) is 0 Å². The van der Waals surface area contributed by atoms with Gasteiger partial charge in [0.15, 0.2) is 0 Å². The molecule has 2 aromatic carbocycles. The lowest BCUT2D eigenvalue weighted by molar-refractivity contribution is -0.385. The summed E-state index contributed by atoms with van der Waals surface area (Å²) in [6.45, 7) is 1.57. The zero-order valence-electron chi connectivity index (χ0n) is 13.8. The Labute approximate surface area is 144 Å². The van der Waals surface area contributed by atoms with Crippen molar-refractivity contribution in [1.29, 1.82) is 0 Å². The lowest BCUT2D eigenvalue weighted by Gasteiger charge is -2.09. The maximum absolute atomic E-state index is 12.5. The minimum absolute atomic E-state index is 0.0746. The summed E-state index contributed by atoms with van der Waals surface area (Å²) in [5, 5.41) is 13.8. The van der Waals surface area contributed by atoms with Crippen LogP contribution in [0.25, 0.3) is 11.4 Å². The third-order valence-corrected chi connectivity index (χ3v) is 3.95. The molecule has 0 aliphatic carbocycles. The average molecular weight is 336 g/mol. The van der Waals surface area contributed by atoms with E-state index in [-0.39, 0.29) is 11.3 Å². The number of imidazole rings is 1. The van der Waals surface area contributed by atoms with Crippen LogP contribution in [0.3, 0.4) is 0 Å². The zero-order valence-corrected chi connectivity index (χ0v) is 13.8. The fourth-order valence-electron chi connectivity index (χ4n) is 2.65. The summed E-state index contributed by atoms with van der Waals surface area (Å²) in [6, 6.07) is 11.7. The summed E-state index contributed by atoms with van der Waals surface area (Å²) >= 11 is 0. The Morgan fingerprint density at radius 2 is 2.00 bits per heavy atom. The molecule has 0 spiro atoms. The number of carbonyl (C=O) groups excluding carboxylic acids is 1. The number of amides is 1. The molecule has 1 amide bonds. The number of nitro groups is 1. The molecule has 0 saturated carbocycles. The molecule has 0 aliphatic rings. The molecule has 0 saturated heterocycles. The van der Waals surface area contributed by atoms with E-state index in [0.717, 1.165) is 11.4 Å². The lowest BCUT2D eigenvalue weighted by atomic mass is 10.1. The SMILES string of the molecule is Cc1c(C(=O)Nc2cccc(-c3nccn3C)c2)cccc1[N+](=O)[O-]. The van der Waals surface area contributed by atoms with E-state index in [2.05, 4.69) is 10.3 Å². The van der Waals surface area contributed by atoms with E-state index in [0.29, 0.717) is 11.3 Å². The van der Waals surface area contributed by atoms with Gasteiger partial charge in [0.25, 0.3) is 11.6 Å². The molecular formula is C18H16N4O3. The van der Waals surface area contributed by atoms with Crippen LogP contribution in [0, 0.1) is 17.0 Å². The second-order valence-electron chi connectivity index (χ2n) is 5.60. The molecule has 0 bridgehead atoms. The Kier molecular flexibility index (Phi) is 4.30. The van der Waals surface area contributed by atoms with Crippen LogP contribution in [0.1, 0.15) is 15.9 Å². The van der Waals surface area contributed by atoms with Crippen molar-refractivity contribution in [3.8, 4) is 11.4 Å². The van der Waals surface area contributed by atoms with E-state index < -0.39 is 10.8 Å². The highest BCUT2D eigenvalue weighted by Crippen LogP contribution is 2.24. The van der Waals surface area contributed by atoms with Crippen molar-refractivity contribution in [3.05, 3.63) is 76.1 Å². The van der Waals surface area contributed by atoms with Crippen LogP contribution in [0.15, 0.2) is 54.9 Å². The summed E-state index contributed by atoms with van der Waals surface area (Å²) in [7, 11) is 1.89. The molecule has 126 valence electrons. The molecule has 1 heterocycles. The third kappa shape index (κ3) is 3.25. The van der Waals surface area contributed by atoms with E-state index in [1.807, 2.05) is 36.0 Å². The van der Waals surface area contributed by atoms with Crippen LogP contribution >= 0.6 is 0 Å². The van der Waals surface area contributed by atoms with Crippen molar-refractivity contribution < 1.29 is 9.72 Å². The fourth-order valence-corrected chi connectivity index (χ4v) is 2.65. The molecule has 3 rings (SSSR count). The molecular weight excluding hydrogens is 320 g/mol. The topological polar surface area (TPSA) is 90.1 Å². The summed E-state index contributed by atoms with van der Waals surface area (Å²) in [6.07, 6.45) is 3.54. The number of aryl methyl sites for hydroxylation is 1. The molecule has 0 unspecified atom stereocenters. The summed E-state index contributed by atoms with van der Waals surface area (Å²) in [4.78, 5) is 27.3. The third-order valence-electron chi connectivity index (χ3n) is 3.95. The Balaban J connectivity index is 1.89. The van der Waals surface area contributed by atoms with Gasteiger partial charge in [-0.05, 0) is 25.1 Å². The molecule has 3 aromatic rings. The minimum Gasteiger partial charge on any atom is -0.334 e. The highest BCUT2D eigenvalue weighted by atomic mass is 16.6. The van der Waals surface area contributed by atoms with E-state index in [9.17, 15) is 14.9 Å². The standard InChI is InChI=1S/C18H16N4O3/c1-12-15(7-4-8-16(12)22(24)25)18(23)20-14-6-3-5-13(11-14)17-19-9-10-21(17)2/h3-11H,1-2H3,(H,20,23). The van der Waals surface area contributed by atoms with E-state index >= 15 is 0 Å². The molecule has 1 aromatic heterocycles. The second-order valence-corrected chi connectivity index (χ2v) is 5.60. The van der Waals surface area contributed by atoms with Crippen LogP contribution < -0.4 is 5.32 Å². The van der Waals surface area contributed by atoms with Gasteiger partial charge in [0.2, 0.25) is 0 Å². The lowest BCUT2D eigenvalue weighted by Crippen LogP contribution is -2.14. The van der Waals surface area contributed by atoms with Gasteiger partial charge in [0.1, 0.15) is 5.82 Å². The van der Waals surface area contributed by atoms with Crippen LogP contribution in [0.4, 0.5) is 11.4 Å². The van der Waals surface area contributed by atoms with Gasteiger partial charge in [0.05, 0.1) is 4.92 Å². The molecule has 25 heavy (non-hydrogen) atoms. The minimum atomic E-state index is -0.492. The second kappa shape index (κ2) is 6.56. The Hall–Kier alpha value is -3.48. The quantitative estimate of drug-likeness (QED) is 0.582. The van der Waals surface area contributed by atoms with Crippen LogP contribution in [-0.4, -0.2) is 20.4 Å². The molecule has 0 atom stereocenters. The number of nitrogens with one attached hydrogen (secondary N) is 1. The van der Waals surface area contributed by atoms with Gasteiger partial charge in [-0.25, -0.2) is 4.98 Å². The number of carbonyl (C=O) groups is 1. The zero-order chi connectivity index (χ0) is 18.0. The van der Waals surface area contributed by atoms with Crippen LogP contribution in [-0.2, 0) is 7.05 Å². The van der Waals surface area contributed by atoms with Gasteiger partial charge in [-0.3, -0.25) is 14.9 Å². The van der Waals surface area contributed by atoms with Gasteiger partial charge in [-0.2, -0.15) is 0 Å². The van der Waals surface area contributed by atoms with Crippen molar-refractivity contribution >= 4 is 17.3 Å². The highest BCUT2D eigenvalue weighted by Gasteiger charge is 2.18. The first kappa shape index (κ1) is 16.4. The molecule has 7 heteroatoms. The summed E-state index contributed by atoms with van der Waals surface area (Å²) in [5.74, 6) is 0.390. The first-order valence-electron chi connectivity index (χ1n) is 7.60. The Morgan fingerprint density at radius 1 is 1.24 bits per heavy atom. The predicted molar refractivity (Wildman–Crippen MR) is 94.4 cm³/mol. The average Bonchev–Trinajstić information content (AvgIpc) is 3.01. The van der Waals surface area contributed by atoms with Crippen LogP contribution in [0.5, 0.6) is 0 Å². The molecule has 7 nitrogen and oxygen atoms in total. The Morgan fingerprint density at radius 3 is 2.68 bits per heavy atom. The van der Waals surface area contributed by atoms with Gasteiger partial charge in [-0.1, -0.05) is 18.2 Å². The number of rotatable bonds is 4. The van der Waals surface area contributed by atoms with Gasteiger partial charge >= 0.3 is 0 Å². The molecule has 0 radical (unpaired) electrons. The number of nitro benzene ring substituents is 1. The van der Waals surface area contributed by atoms with Crippen molar-refractivity contribution in [2.45, 2.75) is 6.92 Å². The fraction of sp³-hybridized carbons (Fsp3) is 0.111. The van der Waals surface area contributed by atoms with E-state index in [1.165, 1.54) is 12.1 Å². The normalized spacial score (nSPS) is 10.5. The number of benzene rings is 2. The smallest absolute Gasteiger partial charge is 0.273 e. The maximum Gasteiger partial charge on any atom is 0.273 e. The number of anilines is 1. The Bertz CT molecular complexity index is 962. The van der Waals surface area contributed by atoms with E-state index in [4.69, 9.17) is 0 Å². The van der Waals surface area contributed by atoms with E-state index in [1.54, 1.807) is 25.3 Å². The molecule has 1 N–H and O–H groups in total. The number of nitrogens with zero attached hydrogens (tertiary/aromatic N) is 3. The monoisotopic (exact) mass is 336 g/mol. The summed E-state index contributed by atoms with van der Waals surface area (Å²) < 4.78 is 1.88. The van der Waals surface area contributed by atoms with Crippen molar-refractivity contribution in [3.63, 3.8) is 0 Å². The van der Waals surface area contributed by atoms with Crippen molar-refractivity contribution in [2.24, 2.45) is 7.05 Å². The maximum atomic E-state index is 12.5. The first-order valence-corrected chi connectivity index (χ1v) is 7.60. The van der Waals surface area contributed by atoms with Gasteiger partial charge in [-0.15, -0.1) is 0 Å². The molecule has 0 aliphatic heterocycles. The number of aromatic nitrogens is 2. The highest BCUT2D eigenvalue weighted by molar-refractivity contribution is 6.06. The summed E-state index contributed by atoms with van der Waals surface area (Å²) in [5.41, 5.74) is 1.99. The first-order chi connectivity index (χ1) is 12.0. The van der Waals surface area contributed by atoms with Gasteiger partial charge < -0.3 is 9.88 Å².